The number of rotatable bonds is 5. The Hall–Kier alpha value is -6.71. The van der Waals surface area contributed by atoms with Gasteiger partial charge in [-0.25, -0.2) is 0 Å². The average Bonchev–Trinajstić information content (AvgIpc) is 3.71. The Morgan fingerprint density at radius 2 is 0.824 bits per heavy atom. The molecule has 7 aromatic carbocycles. The topological polar surface area (TPSA) is 22.8 Å². The highest BCUT2D eigenvalue weighted by Crippen LogP contribution is 2.41. The number of benzene rings is 7. The summed E-state index contributed by atoms with van der Waals surface area (Å²) >= 11 is 0. The molecule has 0 amide bonds. The molecule has 3 heterocycles. The molecule has 0 unspecified atom stereocenters. The lowest BCUT2D eigenvalue weighted by Gasteiger charge is -2.18. The maximum Gasteiger partial charge on any atom is 0.0789 e. The molecule has 51 heavy (non-hydrogen) atoms. The van der Waals surface area contributed by atoms with Crippen molar-refractivity contribution in [1.82, 2.24) is 14.1 Å². The second kappa shape index (κ2) is 11.7. The van der Waals surface area contributed by atoms with E-state index in [1.54, 1.807) is 0 Å². The van der Waals surface area contributed by atoms with Crippen molar-refractivity contribution in [3.63, 3.8) is 0 Å². The lowest BCUT2D eigenvalue weighted by atomic mass is 9.89. The summed E-state index contributed by atoms with van der Waals surface area (Å²) in [5.41, 5.74) is 14.9. The fourth-order valence-electron chi connectivity index (χ4n) is 8.09. The Balaban J connectivity index is 1.14. The van der Waals surface area contributed by atoms with E-state index < -0.39 is 0 Å². The molecule has 3 nitrogen and oxygen atoms in total. The van der Waals surface area contributed by atoms with Gasteiger partial charge in [-0.05, 0) is 83.8 Å². The molecule has 0 saturated heterocycles. The molecule has 0 atom stereocenters. The van der Waals surface area contributed by atoms with Gasteiger partial charge in [0.25, 0.3) is 0 Å². The summed E-state index contributed by atoms with van der Waals surface area (Å²) in [6, 6.07) is 63.4. The lowest BCUT2D eigenvalue weighted by molar-refractivity contribution is 1.18. The van der Waals surface area contributed by atoms with Crippen molar-refractivity contribution >= 4 is 43.6 Å². The van der Waals surface area contributed by atoms with Gasteiger partial charge in [0, 0.05) is 50.2 Å². The number of hydrogen-bond donors (Lipinski definition) is 0. The van der Waals surface area contributed by atoms with Crippen LogP contribution < -0.4 is 0 Å². The molecule has 10 aromatic rings. The quantitative estimate of drug-likeness (QED) is 0.182. The second-order valence-electron chi connectivity index (χ2n) is 13.2. The van der Waals surface area contributed by atoms with Crippen molar-refractivity contribution in [3.05, 3.63) is 188 Å². The standard InChI is InChI=1S/C48H33N3/c1-32-14-10-23-37(33-15-11-17-35(30-33)50-43-25-6-2-19-39(43)40-20-3-7-26-44(40)50)47(32)48-38(24-13-29-49-48)34-16-12-18-36(31-34)51-45-27-8-4-21-41(45)42-22-5-9-28-46(42)51/h2-31H,1H3. The first-order valence-electron chi connectivity index (χ1n) is 17.5. The molecule has 3 aromatic heterocycles. The molecule has 0 fully saturated rings. The SMILES string of the molecule is Cc1cccc(-c2cccc(-n3c4ccccc4c4ccccc43)c2)c1-c1ncccc1-c1cccc(-n2c3ccccc3c3ccccc32)c1. The third kappa shape index (κ3) is 4.63. The van der Waals surface area contributed by atoms with Crippen LogP contribution in [0.15, 0.2) is 182 Å². The Bertz CT molecular complexity index is 2830. The van der Waals surface area contributed by atoms with Crippen molar-refractivity contribution in [2.24, 2.45) is 0 Å². The molecule has 0 aliphatic heterocycles. The summed E-state index contributed by atoms with van der Waals surface area (Å²) in [7, 11) is 0. The molecule has 0 saturated carbocycles. The van der Waals surface area contributed by atoms with Crippen LogP contribution >= 0.6 is 0 Å². The van der Waals surface area contributed by atoms with Crippen LogP contribution in [0.5, 0.6) is 0 Å². The number of para-hydroxylation sites is 4. The minimum Gasteiger partial charge on any atom is -0.309 e. The Morgan fingerprint density at radius 3 is 1.33 bits per heavy atom. The van der Waals surface area contributed by atoms with E-state index in [-0.39, 0.29) is 0 Å². The zero-order valence-corrected chi connectivity index (χ0v) is 28.2. The van der Waals surface area contributed by atoms with Gasteiger partial charge >= 0.3 is 0 Å². The van der Waals surface area contributed by atoms with Crippen LogP contribution in [0.1, 0.15) is 5.56 Å². The molecular formula is C48H33N3. The highest BCUT2D eigenvalue weighted by Gasteiger charge is 2.19. The zero-order chi connectivity index (χ0) is 33.9. The molecule has 0 aliphatic carbocycles. The smallest absolute Gasteiger partial charge is 0.0789 e. The van der Waals surface area contributed by atoms with Gasteiger partial charge in [0.05, 0.1) is 27.8 Å². The van der Waals surface area contributed by atoms with Crippen LogP contribution in [0.25, 0.3) is 88.5 Å². The first-order chi connectivity index (χ1) is 25.2. The minimum absolute atomic E-state index is 0.979. The van der Waals surface area contributed by atoms with Crippen molar-refractivity contribution in [2.75, 3.05) is 0 Å². The van der Waals surface area contributed by atoms with Gasteiger partial charge in [-0.1, -0.05) is 121 Å². The van der Waals surface area contributed by atoms with Gasteiger partial charge in [-0.15, -0.1) is 0 Å². The maximum absolute atomic E-state index is 5.11. The second-order valence-corrected chi connectivity index (χ2v) is 13.2. The number of nitrogens with zero attached hydrogens (tertiary/aromatic N) is 3. The Labute approximate surface area is 296 Å². The van der Waals surface area contributed by atoms with Gasteiger partial charge in [-0.2, -0.15) is 0 Å². The number of hydrogen-bond acceptors (Lipinski definition) is 1. The number of fused-ring (bicyclic) bond motifs is 6. The molecule has 0 N–H and O–H groups in total. The van der Waals surface area contributed by atoms with Gasteiger partial charge in [0.15, 0.2) is 0 Å². The van der Waals surface area contributed by atoms with Gasteiger partial charge in [0.2, 0.25) is 0 Å². The van der Waals surface area contributed by atoms with Crippen LogP contribution in [0.3, 0.4) is 0 Å². The number of aromatic nitrogens is 3. The van der Waals surface area contributed by atoms with Gasteiger partial charge in [-0.3, -0.25) is 4.98 Å². The van der Waals surface area contributed by atoms with Crippen LogP contribution in [0, 0.1) is 6.92 Å². The highest BCUT2D eigenvalue weighted by atomic mass is 15.0. The van der Waals surface area contributed by atoms with Crippen molar-refractivity contribution in [1.29, 1.82) is 0 Å². The molecule has 0 spiro atoms. The summed E-state index contributed by atoms with van der Waals surface area (Å²) in [6.45, 7) is 2.20. The van der Waals surface area contributed by atoms with E-state index in [2.05, 4.69) is 186 Å². The third-order valence-electron chi connectivity index (χ3n) is 10.3. The Morgan fingerprint density at radius 1 is 0.392 bits per heavy atom. The van der Waals surface area contributed by atoms with E-state index >= 15 is 0 Å². The predicted octanol–water partition coefficient (Wildman–Crippen LogP) is 12.6. The molecule has 0 radical (unpaired) electrons. The van der Waals surface area contributed by atoms with E-state index in [9.17, 15) is 0 Å². The largest absolute Gasteiger partial charge is 0.309 e. The van der Waals surface area contributed by atoms with Crippen LogP contribution in [-0.4, -0.2) is 14.1 Å². The molecule has 0 aliphatic rings. The maximum atomic E-state index is 5.11. The highest BCUT2D eigenvalue weighted by molar-refractivity contribution is 6.10. The number of pyridine rings is 1. The molecule has 240 valence electrons. The van der Waals surface area contributed by atoms with Crippen molar-refractivity contribution in [3.8, 4) is 44.9 Å². The van der Waals surface area contributed by atoms with E-state index in [1.807, 2.05) is 12.3 Å². The van der Waals surface area contributed by atoms with Crippen LogP contribution in [0.2, 0.25) is 0 Å². The Kier molecular flexibility index (Phi) is 6.71. The summed E-state index contributed by atoms with van der Waals surface area (Å²) in [5, 5.41) is 5.04. The summed E-state index contributed by atoms with van der Waals surface area (Å²) in [4.78, 5) is 5.11. The van der Waals surface area contributed by atoms with Crippen molar-refractivity contribution < 1.29 is 0 Å². The average molecular weight is 652 g/mol. The van der Waals surface area contributed by atoms with Crippen molar-refractivity contribution in [2.45, 2.75) is 6.92 Å². The predicted molar refractivity (Wildman–Crippen MR) is 214 cm³/mol. The molecule has 10 rings (SSSR count). The molecular weight excluding hydrogens is 619 g/mol. The first kappa shape index (κ1) is 29.2. The monoisotopic (exact) mass is 651 g/mol. The third-order valence-corrected chi connectivity index (χ3v) is 10.3. The van der Waals surface area contributed by atoms with Crippen LogP contribution in [0.4, 0.5) is 0 Å². The lowest BCUT2D eigenvalue weighted by Crippen LogP contribution is -1.98. The van der Waals surface area contributed by atoms with E-state index in [0.717, 1.165) is 44.9 Å². The van der Waals surface area contributed by atoms with E-state index in [1.165, 1.54) is 49.2 Å². The first-order valence-corrected chi connectivity index (χ1v) is 17.5. The normalized spacial score (nSPS) is 11.6. The van der Waals surface area contributed by atoms with Gasteiger partial charge in [0.1, 0.15) is 0 Å². The van der Waals surface area contributed by atoms with Crippen LogP contribution in [-0.2, 0) is 0 Å². The minimum atomic E-state index is 0.979. The fourth-order valence-corrected chi connectivity index (χ4v) is 8.09. The van der Waals surface area contributed by atoms with E-state index in [4.69, 9.17) is 4.98 Å². The fraction of sp³-hybridized carbons (Fsp3) is 0.0208. The van der Waals surface area contributed by atoms with Gasteiger partial charge < -0.3 is 9.13 Å². The van der Waals surface area contributed by atoms with E-state index in [0.29, 0.717) is 0 Å². The molecule has 3 heteroatoms. The summed E-state index contributed by atoms with van der Waals surface area (Å²) in [6.07, 6.45) is 1.92. The zero-order valence-electron chi connectivity index (χ0n) is 28.2. The summed E-state index contributed by atoms with van der Waals surface area (Å²) in [5.74, 6) is 0. The number of aryl methyl sites for hydroxylation is 1. The summed E-state index contributed by atoms with van der Waals surface area (Å²) < 4.78 is 4.76. The molecule has 0 bridgehead atoms.